The fourth-order valence-corrected chi connectivity index (χ4v) is 4.37. The van der Waals surface area contributed by atoms with E-state index in [9.17, 15) is 19.1 Å². The molecule has 7 nitrogen and oxygen atoms in total. The van der Waals surface area contributed by atoms with Crippen LogP contribution in [0.25, 0.3) is 10.9 Å². The number of fused-ring (bicyclic) bond motifs is 1. The summed E-state index contributed by atoms with van der Waals surface area (Å²) in [5.41, 5.74) is 5.46. The second-order valence-electron chi connectivity index (χ2n) is 7.78. The number of carboxylic acids is 1. The monoisotopic (exact) mass is 453 g/mol. The second-order valence-corrected chi connectivity index (χ2v) is 8.23. The molecule has 1 saturated carbocycles. The fourth-order valence-electron chi connectivity index (χ4n) is 4.21. The van der Waals surface area contributed by atoms with Gasteiger partial charge < -0.3 is 25.0 Å². The van der Waals surface area contributed by atoms with Crippen LogP contribution < -0.4 is 20.8 Å². The van der Waals surface area contributed by atoms with E-state index in [4.69, 9.17) is 22.1 Å². The van der Waals surface area contributed by atoms with Crippen molar-refractivity contribution in [3.63, 3.8) is 0 Å². The summed E-state index contributed by atoms with van der Waals surface area (Å²) < 4.78 is 36.2. The Kier molecular flexibility index (Phi) is 5.65. The van der Waals surface area contributed by atoms with Gasteiger partial charge in [-0.2, -0.15) is 0 Å². The van der Waals surface area contributed by atoms with Crippen LogP contribution in [0.15, 0.2) is 27.7 Å². The van der Waals surface area contributed by atoms with Gasteiger partial charge in [0, 0.05) is 37.3 Å². The predicted octanol–water partition coefficient (Wildman–Crippen LogP) is 3.18. The molecule has 31 heavy (non-hydrogen) atoms. The number of hydrogen-bond donors (Lipinski definition) is 2. The number of hydrogen-bond acceptors (Lipinski definition) is 5. The molecule has 2 heterocycles. The highest BCUT2D eigenvalue weighted by molar-refractivity contribution is 6.30. The largest absolute Gasteiger partial charge is 0.492 e. The average Bonchev–Trinajstić information content (AvgIpc) is 3.48. The van der Waals surface area contributed by atoms with Gasteiger partial charge in [0.25, 0.3) is 0 Å². The number of nitrogens with two attached hydrogens (primary N) is 1. The Morgan fingerprint density at radius 3 is 2.74 bits per heavy atom. The fraction of sp³-hybridized carbons (Fsp3) is 0.429. The van der Waals surface area contributed by atoms with E-state index in [0.29, 0.717) is 24.5 Å². The molecule has 166 valence electrons. The van der Waals surface area contributed by atoms with Gasteiger partial charge >= 0.3 is 5.97 Å². The first kappa shape index (κ1) is 21.6. The van der Waals surface area contributed by atoms with E-state index in [0.717, 1.165) is 24.3 Å². The van der Waals surface area contributed by atoms with Gasteiger partial charge in [0.2, 0.25) is 5.43 Å². The first-order valence-corrected chi connectivity index (χ1v) is 10.3. The van der Waals surface area contributed by atoms with Crippen LogP contribution in [0.5, 0.6) is 5.75 Å². The van der Waals surface area contributed by atoms with Crippen molar-refractivity contribution in [1.82, 2.24) is 4.57 Å². The number of rotatable bonds is 5. The Morgan fingerprint density at radius 2 is 2.16 bits per heavy atom. The van der Waals surface area contributed by atoms with Crippen LogP contribution in [0.2, 0.25) is 0 Å². The number of alkyl halides is 1. The number of aromatic nitrogens is 1. The maximum absolute atomic E-state index is 15.3. The van der Waals surface area contributed by atoms with Gasteiger partial charge in [0.05, 0.1) is 24.1 Å². The van der Waals surface area contributed by atoms with Gasteiger partial charge in [-0.25, -0.2) is 13.6 Å². The summed E-state index contributed by atoms with van der Waals surface area (Å²) in [6.07, 6.45) is 1.57. The molecule has 1 aliphatic carbocycles. The van der Waals surface area contributed by atoms with E-state index in [1.807, 2.05) is 0 Å². The highest BCUT2D eigenvalue weighted by Gasteiger charge is 2.41. The molecule has 0 unspecified atom stereocenters. The zero-order valence-corrected chi connectivity index (χ0v) is 17.6. The highest BCUT2D eigenvalue weighted by Crippen LogP contribution is 2.45. The number of methoxy groups -OCH3 is 1. The van der Waals surface area contributed by atoms with E-state index in [-0.39, 0.29) is 35.3 Å². The molecule has 2 aromatic rings. The molecule has 1 aliphatic heterocycles. The molecule has 1 aromatic carbocycles. The summed E-state index contributed by atoms with van der Waals surface area (Å²) in [4.78, 5) is 26.1. The summed E-state index contributed by atoms with van der Waals surface area (Å²) in [5, 5.41) is 9.77. The molecule has 1 aromatic heterocycles. The van der Waals surface area contributed by atoms with Crippen LogP contribution in [-0.2, 0) is 0 Å². The Labute approximate surface area is 181 Å². The topological polar surface area (TPSA) is 97.8 Å². The SMILES string of the molecule is COc1c(N2CCC/C(=C(\Cl)CN)C2)c(F)cc2c(=O)c(C(=O)O)cn([C@@H]3C[C@@H]3F)c12. The van der Waals surface area contributed by atoms with Gasteiger partial charge in [-0.05, 0) is 24.5 Å². The number of carbonyl (C=O) groups is 1. The van der Waals surface area contributed by atoms with Crippen molar-refractivity contribution in [3.05, 3.63) is 44.5 Å². The van der Waals surface area contributed by atoms with Crippen molar-refractivity contribution in [2.24, 2.45) is 5.73 Å². The van der Waals surface area contributed by atoms with Crippen molar-refractivity contribution < 1.29 is 23.4 Å². The Balaban J connectivity index is 1.98. The number of halogens is 3. The number of aromatic carboxylic acids is 1. The lowest BCUT2D eigenvalue weighted by Gasteiger charge is -2.33. The number of nitrogens with zero attached hydrogens (tertiary/aromatic N) is 2. The zero-order chi connectivity index (χ0) is 22.4. The maximum Gasteiger partial charge on any atom is 0.341 e. The molecule has 3 N–H and O–H groups in total. The third kappa shape index (κ3) is 3.65. The Morgan fingerprint density at radius 1 is 1.45 bits per heavy atom. The van der Waals surface area contributed by atoms with E-state index >= 15 is 4.39 Å². The van der Waals surface area contributed by atoms with E-state index in [1.165, 1.54) is 11.7 Å². The van der Waals surface area contributed by atoms with Crippen LogP contribution in [-0.4, -0.2) is 48.6 Å². The number of carboxylic acid groups (broad SMARTS) is 1. The molecule has 2 atom stereocenters. The third-order valence-electron chi connectivity index (χ3n) is 5.84. The number of ether oxygens (including phenoxy) is 1. The molecular weight excluding hydrogens is 432 g/mol. The average molecular weight is 454 g/mol. The quantitative estimate of drug-likeness (QED) is 0.721. The number of pyridine rings is 1. The van der Waals surface area contributed by atoms with Crippen LogP contribution in [0.4, 0.5) is 14.5 Å². The number of anilines is 1. The standard InChI is InChI=1S/C21H22ClF2N3O4/c1-31-20-17-11(19(28)12(21(29)30)9-27(17)16-6-14(16)23)5-15(24)18(20)26-4-2-3-10(8-26)13(22)7-25/h5,9,14,16H,2-4,6-8,25H2,1H3,(H,29,30)/b13-10+/t14-,16+/m0/s1. The summed E-state index contributed by atoms with van der Waals surface area (Å²) >= 11 is 6.22. The van der Waals surface area contributed by atoms with Gasteiger partial charge in [-0.15, -0.1) is 0 Å². The molecule has 2 fully saturated rings. The summed E-state index contributed by atoms with van der Waals surface area (Å²) in [5.74, 6) is -2.12. The number of benzene rings is 1. The smallest absolute Gasteiger partial charge is 0.341 e. The molecule has 4 rings (SSSR count). The lowest BCUT2D eigenvalue weighted by Crippen LogP contribution is -2.33. The Hall–Kier alpha value is -2.65. The first-order valence-electron chi connectivity index (χ1n) is 9.92. The normalized spacial score (nSPS) is 22.5. The lowest BCUT2D eigenvalue weighted by atomic mass is 10.0. The van der Waals surface area contributed by atoms with E-state index in [2.05, 4.69) is 0 Å². The summed E-state index contributed by atoms with van der Waals surface area (Å²) in [7, 11) is 1.34. The molecule has 0 radical (unpaired) electrons. The van der Waals surface area contributed by atoms with Crippen molar-refractivity contribution in [2.75, 3.05) is 31.6 Å². The molecule has 0 amide bonds. The Bertz CT molecular complexity index is 1160. The minimum Gasteiger partial charge on any atom is -0.492 e. The molecule has 0 bridgehead atoms. The minimum atomic E-state index is -1.46. The van der Waals surface area contributed by atoms with Crippen LogP contribution >= 0.6 is 11.6 Å². The van der Waals surface area contributed by atoms with Gasteiger partial charge in [0.1, 0.15) is 17.4 Å². The van der Waals surface area contributed by atoms with Crippen LogP contribution in [0.1, 0.15) is 35.7 Å². The molecule has 0 spiro atoms. The van der Waals surface area contributed by atoms with Gasteiger partial charge in [0.15, 0.2) is 11.6 Å². The molecular formula is C21H22ClF2N3O4. The van der Waals surface area contributed by atoms with Crippen molar-refractivity contribution in [1.29, 1.82) is 0 Å². The van der Waals surface area contributed by atoms with Crippen LogP contribution in [0, 0.1) is 5.82 Å². The minimum absolute atomic E-state index is 0.0632. The van der Waals surface area contributed by atoms with Crippen molar-refractivity contribution in [3.8, 4) is 5.75 Å². The highest BCUT2D eigenvalue weighted by atomic mass is 35.5. The zero-order valence-electron chi connectivity index (χ0n) is 16.8. The molecule has 1 saturated heterocycles. The predicted molar refractivity (Wildman–Crippen MR) is 114 cm³/mol. The number of piperidine rings is 1. The molecule has 10 heteroatoms. The van der Waals surface area contributed by atoms with E-state index < -0.39 is 35.0 Å². The lowest BCUT2D eigenvalue weighted by molar-refractivity contribution is 0.0694. The first-order chi connectivity index (χ1) is 14.8. The van der Waals surface area contributed by atoms with Gasteiger partial charge in [-0.3, -0.25) is 4.79 Å². The molecule has 2 aliphatic rings. The van der Waals surface area contributed by atoms with Crippen molar-refractivity contribution >= 4 is 34.2 Å². The summed E-state index contributed by atoms with van der Waals surface area (Å²) in [6, 6.07) is 0.369. The van der Waals surface area contributed by atoms with E-state index in [1.54, 1.807) is 4.90 Å². The third-order valence-corrected chi connectivity index (χ3v) is 6.26. The van der Waals surface area contributed by atoms with Crippen molar-refractivity contribution in [2.45, 2.75) is 31.5 Å². The second kappa shape index (κ2) is 8.12. The van der Waals surface area contributed by atoms with Crippen LogP contribution in [0.3, 0.4) is 0 Å². The van der Waals surface area contributed by atoms with Gasteiger partial charge in [-0.1, -0.05) is 11.6 Å². The summed E-state index contributed by atoms with van der Waals surface area (Å²) in [6.45, 7) is 1.03. The maximum atomic E-state index is 15.3.